The third-order valence-corrected chi connectivity index (χ3v) is 6.03. The van der Waals surface area contributed by atoms with Gasteiger partial charge in [-0.1, -0.05) is 42.0 Å². The Morgan fingerprint density at radius 3 is 2.63 bits per heavy atom. The van der Waals surface area contributed by atoms with Crippen molar-refractivity contribution >= 4 is 5.91 Å². The number of rotatable bonds is 3. The highest BCUT2D eigenvalue weighted by atomic mass is 16.2. The molecule has 1 aromatic carbocycles. The molecule has 1 N–H and O–H groups in total. The maximum absolute atomic E-state index is 13.3. The molecule has 0 unspecified atom stereocenters. The number of nitrogens with one attached hydrogen (secondary N) is 1. The normalized spacial score (nSPS) is 24.1. The van der Waals surface area contributed by atoms with Crippen LogP contribution in [0.5, 0.6) is 0 Å². The molecule has 2 aliphatic heterocycles. The van der Waals surface area contributed by atoms with E-state index in [1.807, 2.05) is 15.8 Å². The highest BCUT2D eigenvalue weighted by Crippen LogP contribution is 2.36. The fraction of sp³-hybridized carbons (Fsp3) is 0.571. The number of amides is 1. The summed E-state index contributed by atoms with van der Waals surface area (Å²) in [6, 6.07) is 9.03. The molecule has 2 aliphatic rings. The molecule has 27 heavy (non-hydrogen) atoms. The maximum Gasteiger partial charge on any atom is 0.276 e. The summed E-state index contributed by atoms with van der Waals surface area (Å²) >= 11 is 0. The third kappa shape index (κ3) is 3.76. The first kappa shape index (κ1) is 18.2. The van der Waals surface area contributed by atoms with Crippen LogP contribution in [0.25, 0.3) is 0 Å². The Morgan fingerprint density at radius 1 is 1.15 bits per heavy atom. The van der Waals surface area contributed by atoms with E-state index in [0.29, 0.717) is 17.7 Å². The molecule has 0 radical (unpaired) electrons. The van der Waals surface area contributed by atoms with E-state index in [-0.39, 0.29) is 11.9 Å². The van der Waals surface area contributed by atoms with Gasteiger partial charge in [0.05, 0.1) is 18.3 Å². The standard InChI is InChI=1S/C21H29N5O/c1-15-5-7-17(8-6-15)20-16(2)4-3-13-25(20)21(27)19-14-26(24-23-19)18-9-11-22-12-10-18/h5-8,14,16,18,20,22H,3-4,9-13H2,1-2H3/t16-,20+/m1/s1. The Balaban J connectivity index is 1.57. The molecular formula is C21H29N5O. The van der Waals surface area contributed by atoms with Gasteiger partial charge in [0.2, 0.25) is 0 Å². The number of aryl methyl sites for hydroxylation is 1. The van der Waals surface area contributed by atoms with Gasteiger partial charge in [-0.2, -0.15) is 0 Å². The molecular weight excluding hydrogens is 338 g/mol. The Kier molecular flexibility index (Phi) is 5.25. The van der Waals surface area contributed by atoms with Crippen LogP contribution < -0.4 is 5.32 Å². The Bertz CT molecular complexity index is 778. The Hall–Kier alpha value is -2.21. The van der Waals surface area contributed by atoms with Crippen LogP contribution in [0.4, 0.5) is 0 Å². The second-order valence-corrected chi connectivity index (χ2v) is 8.04. The van der Waals surface area contributed by atoms with Crippen LogP contribution in [0.2, 0.25) is 0 Å². The fourth-order valence-electron chi connectivity index (χ4n) is 4.46. The number of benzene rings is 1. The van der Waals surface area contributed by atoms with Crippen LogP contribution in [0, 0.1) is 12.8 Å². The van der Waals surface area contributed by atoms with Crippen LogP contribution in [0.3, 0.4) is 0 Å². The van der Waals surface area contributed by atoms with Crippen molar-refractivity contribution in [3.63, 3.8) is 0 Å². The zero-order valence-corrected chi connectivity index (χ0v) is 16.3. The highest BCUT2D eigenvalue weighted by Gasteiger charge is 2.34. The molecule has 144 valence electrons. The monoisotopic (exact) mass is 367 g/mol. The number of carbonyl (C=O) groups is 1. The second-order valence-electron chi connectivity index (χ2n) is 8.04. The molecule has 0 bridgehead atoms. The van der Waals surface area contributed by atoms with E-state index in [9.17, 15) is 4.79 Å². The summed E-state index contributed by atoms with van der Waals surface area (Å²) in [6.07, 6.45) is 6.10. The largest absolute Gasteiger partial charge is 0.330 e. The minimum Gasteiger partial charge on any atom is -0.330 e. The summed E-state index contributed by atoms with van der Waals surface area (Å²) in [6.45, 7) is 7.10. The van der Waals surface area contributed by atoms with Crippen LogP contribution in [0.15, 0.2) is 30.5 Å². The van der Waals surface area contributed by atoms with Gasteiger partial charge in [0.1, 0.15) is 0 Å². The molecule has 1 amide bonds. The van der Waals surface area contributed by atoms with E-state index >= 15 is 0 Å². The van der Waals surface area contributed by atoms with E-state index < -0.39 is 0 Å². The average Bonchev–Trinajstić information content (AvgIpc) is 3.19. The first-order chi connectivity index (χ1) is 13.1. The lowest BCUT2D eigenvalue weighted by molar-refractivity contribution is 0.0507. The molecule has 2 saturated heterocycles. The predicted molar refractivity (Wildman–Crippen MR) is 105 cm³/mol. The van der Waals surface area contributed by atoms with E-state index in [1.165, 1.54) is 11.1 Å². The lowest BCUT2D eigenvalue weighted by Gasteiger charge is -2.40. The topological polar surface area (TPSA) is 63.1 Å². The van der Waals surface area contributed by atoms with Crippen molar-refractivity contribution < 1.29 is 4.79 Å². The summed E-state index contributed by atoms with van der Waals surface area (Å²) in [7, 11) is 0. The minimum absolute atomic E-state index is 0.00677. The van der Waals surface area contributed by atoms with Gasteiger partial charge in [-0.15, -0.1) is 5.10 Å². The van der Waals surface area contributed by atoms with E-state index in [4.69, 9.17) is 0 Å². The first-order valence-corrected chi connectivity index (χ1v) is 10.1. The molecule has 2 aromatic rings. The summed E-state index contributed by atoms with van der Waals surface area (Å²) < 4.78 is 1.89. The lowest BCUT2D eigenvalue weighted by Crippen LogP contribution is -2.42. The van der Waals surface area contributed by atoms with Crippen LogP contribution in [0.1, 0.15) is 66.3 Å². The van der Waals surface area contributed by atoms with Crippen molar-refractivity contribution in [3.8, 4) is 0 Å². The summed E-state index contributed by atoms with van der Waals surface area (Å²) in [4.78, 5) is 15.3. The third-order valence-electron chi connectivity index (χ3n) is 6.03. The van der Waals surface area contributed by atoms with Gasteiger partial charge in [0, 0.05) is 6.54 Å². The number of hydrogen-bond acceptors (Lipinski definition) is 4. The van der Waals surface area contributed by atoms with Crippen molar-refractivity contribution in [3.05, 3.63) is 47.3 Å². The molecule has 2 atom stereocenters. The van der Waals surface area contributed by atoms with Gasteiger partial charge >= 0.3 is 0 Å². The second kappa shape index (κ2) is 7.80. The molecule has 4 rings (SSSR count). The smallest absolute Gasteiger partial charge is 0.276 e. The molecule has 0 aliphatic carbocycles. The number of nitrogens with zero attached hydrogens (tertiary/aromatic N) is 4. The number of likely N-dealkylation sites (tertiary alicyclic amines) is 1. The molecule has 6 heteroatoms. The number of carbonyl (C=O) groups excluding carboxylic acids is 1. The fourth-order valence-corrected chi connectivity index (χ4v) is 4.46. The van der Waals surface area contributed by atoms with E-state index in [2.05, 4.69) is 53.7 Å². The van der Waals surface area contributed by atoms with Crippen molar-refractivity contribution in [1.29, 1.82) is 0 Å². The minimum atomic E-state index is 0.00677. The van der Waals surface area contributed by atoms with Crippen molar-refractivity contribution in [1.82, 2.24) is 25.2 Å². The first-order valence-electron chi connectivity index (χ1n) is 10.1. The van der Waals surface area contributed by atoms with Crippen molar-refractivity contribution in [2.45, 2.75) is 51.6 Å². The number of hydrogen-bond donors (Lipinski definition) is 1. The van der Waals surface area contributed by atoms with Crippen LogP contribution in [-0.2, 0) is 0 Å². The van der Waals surface area contributed by atoms with Crippen molar-refractivity contribution in [2.75, 3.05) is 19.6 Å². The molecule has 3 heterocycles. The molecule has 6 nitrogen and oxygen atoms in total. The highest BCUT2D eigenvalue weighted by molar-refractivity contribution is 5.92. The Labute approximate surface area is 160 Å². The van der Waals surface area contributed by atoms with E-state index in [0.717, 1.165) is 45.3 Å². The van der Waals surface area contributed by atoms with Gasteiger partial charge in [0.15, 0.2) is 5.69 Å². The molecule has 2 fully saturated rings. The van der Waals surface area contributed by atoms with Crippen LogP contribution in [-0.4, -0.2) is 45.4 Å². The number of aromatic nitrogens is 3. The lowest BCUT2D eigenvalue weighted by atomic mass is 9.85. The SMILES string of the molecule is Cc1ccc([C@@H]2[C@H](C)CCCN2C(=O)c2cn(C3CCNCC3)nn2)cc1. The Morgan fingerprint density at radius 2 is 1.89 bits per heavy atom. The van der Waals surface area contributed by atoms with Gasteiger partial charge < -0.3 is 10.2 Å². The van der Waals surface area contributed by atoms with Crippen LogP contribution >= 0.6 is 0 Å². The zero-order valence-electron chi connectivity index (χ0n) is 16.3. The molecule has 1 aromatic heterocycles. The maximum atomic E-state index is 13.3. The quantitative estimate of drug-likeness (QED) is 0.905. The number of piperidine rings is 2. The summed E-state index contributed by atoms with van der Waals surface area (Å²) in [5, 5.41) is 11.9. The summed E-state index contributed by atoms with van der Waals surface area (Å²) in [5.74, 6) is 0.442. The van der Waals surface area contributed by atoms with Crippen molar-refractivity contribution in [2.24, 2.45) is 5.92 Å². The van der Waals surface area contributed by atoms with Gasteiger partial charge in [-0.05, 0) is 57.2 Å². The average molecular weight is 367 g/mol. The zero-order chi connectivity index (χ0) is 18.8. The van der Waals surface area contributed by atoms with Gasteiger partial charge in [-0.25, -0.2) is 4.68 Å². The molecule has 0 saturated carbocycles. The van der Waals surface area contributed by atoms with Gasteiger partial charge in [-0.3, -0.25) is 4.79 Å². The predicted octanol–water partition coefficient (Wildman–Crippen LogP) is 3.12. The summed E-state index contributed by atoms with van der Waals surface area (Å²) in [5.41, 5.74) is 2.93. The molecule has 0 spiro atoms. The van der Waals surface area contributed by atoms with E-state index in [1.54, 1.807) is 0 Å². The van der Waals surface area contributed by atoms with Gasteiger partial charge in [0.25, 0.3) is 5.91 Å².